The molecule has 0 unspecified atom stereocenters. The second kappa shape index (κ2) is 8.64. The van der Waals surface area contributed by atoms with E-state index < -0.39 is 29.0 Å². The third-order valence-electron chi connectivity index (χ3n) is 3.70. The van der Waals surface area contributed by atoms with E-state index in [0.717, 1.165) is 30.7 Å². The molecule has 0 atom stereocenters. The Labute approximate surface area is 150 Å². The number of hydrogen-bond donors (Lipinski definition) is 1. The minimum absolute atomic E-state index is 0.105. The monoisotopic (exact) mass is 366 g/mol. The Hall–Kier alpha value is -2.64. The second-order valence-electron chi connectivity index (χ2n) is 5.81. The van der Waals surface area contributed by atoms with E-state index in [0.29, 0.717) is 18.2 Å². The predicted molar refractivity (Wildman–Crippen MR) is 93.6 cm³/mol. The molecular formula is C18H21F3N4O. The minimum atomic E-state index is -1.62. The van der Waals surface area contributed by atoms with Crippen LogP contribution in [0.5, 0.6) is 0 Å². The van der Waals surface area contributed by atoms with Crippen LogP contribution in [0.1, 0.15) is 31.8 Å². The summed E-state index contributed by atoms with van der Waals surface area (Å²) >= 11 is 0. The number of carbonyl (C=O) groups excluding carboxylic acids is 1. The number of aryl methyl sites for hydroxylation is 2. The molecular weight excluding hydrogens is 345 g/mol. The molecule has 0 saturated carbocycles. The molecule has 1 amide bonds. The van der Waals surface area contributed by atoms with E-state index in [9.17, 15) is 18.0 Å². The number of benzene rings is 1. The van der Waals surface area contributed by atoms with Gasteiger partial charge in [0.25, 0.3) is 0 Å². The van der Waals surface area contributed by atoms with Crippen LogP contribution < -0.4 is 10.2 Å². The van der Waals surface area contributed by atoms with Gasteiger partial charge in [0.15, 0.2) is 17.5 Å². The highest BCUT2D eigenvalue weighted by atomic mass is 19.2. The summed E-state index contributed by atoms with van der Waals surface area (Å²) < 4.78 is 40.0. The number of amides is 1. The second-order valence-corrected chi connectivity index (χ2v) is 5.81. The van der Waals surface area contributed by atoms with E-state index in [1.807, 2.05) is 13.8 Å². The molecule has 26 heavy (non-hydrogen) atoms. The third-order valence-corrected chi connectivity index (χ3v) is 3.70. The number of halogens is 3. The number of nitrogens with one attached hydrogen (secondary N) is 1. The summed E-state index contributed by atoms with van der Waals surface area (Å²) in [5.74, 6) is -3.72. The van der Waals surface area contributed by atoms with Gasteiger partial charge in [0.1, 0.15) is 11.6 Å². The molecule has 0 radical (unpaired) electrons. The summed E-state index contributed by atoms with van der Waals surface area (Å²) in [7, 11) is 0. The molecule has 2 aromatic rings. The molecule has 0 aliphatic carbocycles. The zero-order valence-electron chi connectivity index (χ0n) is 14.9. The van der Waals surface area contributed by atoms with Gasteiger partial charge in [-0.2, -0.15) is 0 Å². The van der Waals surface area contributed by atoms with E-state index in [2.05, 4.69) is 15.3 Å². The standard InChI is InChI=1S/C18H21F3N4O/c1-4-8-25(15-9-12(5-2)22-11(3)23-15)10-16(26)24-14-7-6-13(19)17(20)18(14)21/h6-7,9H,4-5,8,10H2,1-3H3,(H,24,26). The Morgan fingerprint density at radius 1 is 1.15 bits per heavy atom. The van der Waals surface area contributed by atoms with Crippen molar-refractivity contribution in [3.8, 4) is 0 Å². The lowest BCUT2D eigenvalue weighted by molar-refractivity contribution is -0.115. The highest BCUT2D eigenvalue weighted by Gasteiger charge is 2.18. The van der Waals surface area contributed by atoms with E-state index >= 15 is 0 Å². The van der Waals surface area contributed by atoms with Gasteiger partial charge in [-0.05, 0) is 31.9 Å². The van der Waals surface area contributed by atoms with Crippen molar-refractivity contribution < 1.29 is 18.0 Å². The number of aromatic nitrogens is 2. The first-order chi connectivity index (χ1) is 12.3. The van der Waals surface area contributed by atoms with Gasteiger partial charge in [0.2, 0.25) is 5.91 Å². The first-order valence-electron chi connectivity index (χ1n) is 8.38. The summed E-state index contributed by atoms with van der Waals surface area (Å²) in [5, 5.41) is 2.27. The van der Waals surface area contributed by atoms with Crippen LogP contribution in [0.25, 0.3) is 0 Å². The van der Waals surface area contributed by atoms with Crippen molar-refractivity contribution in [1.29, 1.82) is 0 Å². The summed E-state index contributed by atoms with van der Waals surface area (Å²) in [5.41, 5.74) is 0.444. The van der Waals surface area contributed by atoms with Crippen LogP contribution in [0, 0.1) is 24.4 Å². The van der Waals surface area contributed by atoms with Crippen LogP contribution in [0.3, 0.4) is 0 Å². The number of anilines is 2. The summed E-state index contributed by atoms with van der Waals surface area (Å²) in [6.45, 7) is 6.13. The molecule has 2 rings (SSSR count). The number of nitrogens with zero attached hydrogens (tertiary/aromatic N) is 3. The molecule has 0 aliphatic heterocycles. The molecule has 8 heteroatoms. The van der Waals surface area contributed by atoms with Crippen LogP contribution in [-0.2, 0) is 11.2 Å². The predicted octanol–water partition coefficient (Wildman–Crippen LogP) is 3.62. The fourth-order valence-electron chi connectivity index (χ4n) is 2.49. The van der Waals surface area contributed by atoms with Crippen molar-refractivity contribution in [2.24, 2.45) is 0 Å². The van der Waals surface area contributed by atoms with Gasteiger partial charge in [-0.3, -0.25) is 4.79 Å². The van der Waals surface area contributed by atoms with Crippen molar-refractivity contribution in [3.63, 3.8) is 0 Å². The van der Waals surface area contributed by atoms with E-state index in [-0.39, 0.29) is 6.54 Å². The molecule has 140 valence electrons. The zero-order chi connectivity index (χ0) is 19.3. The Balaban J connectivity index is 2.18. The quantitative estimate of drug-likeness (QED) is 0.761. The van der Waals surface area contributed by atoms with Crippen LogP contribution in [0.15, 0.2) is 18.2 Å². The lowest BCUT2D eigenvalue weighted by Gasteiger charge is -2.23. The van der Waals surface area contributed by atoms with Gasteiger partial charge >= 0.3 is 0 Å². The topological polar surface area (TPSA) is 58.1 Å². The van der Waals surface area contributed by atoms with Gasteiger partial charge in [0, 0.05) is 18.3 Å². The number of rotatable bonds is 7. The largest absolute Gasteiger partial charge is 0.347 e. The first kappa shape index (κ1) is 19.7. The highest BCUT2D eigenvalue weighted by Crippen LogP contribution is 2.20. The Morgan fingerprint density at radius 3 is 2.54 bits per heavy atom. The molecule has 1 aromatic heterocycles. The Bertz CT molecular complexity index is 798. The maximum atomic E-state index is 13.7. The molecule has 0 fully saturated rings. The smallest absolute Gasteiger partial charge is 0.244 e. The highest BCUT2D eigenvalue weighted by molar-refractivity contribution is 5.94. The fourth-order valence-corrected chi connectivity index (χ4v) is 2.49. The third kappa shape index (κ3) is 4.71. The van der Waals surface area contributed by atoms with Crippen LogP contribution in [-0.4, -0.2) is 29.0 Å². The SMILES string of the molecule is CCCN(CC(=O)Nc1ccc(F)c(F)c1F)c1cc(CC)nc(C)n1. The van der Waals surface area contributed by atoms with Crippen molar-refractivity contribution in [1.82, 2.24) is 9.97 Å². The van der Waals surface area contributed by atoms with Crippen molar-refractivity contribution in [2.75, 3.05) is 23.3 Å². The maximum Gasteiger partial charge on any atom is 0.244 e. The number of carbonyl (C=O) groups is 1. The molecule has 0 saturated heterocycles. The zero-order valence-corrected chi connectivity index (χ0v) is 14.9. The van der Waals surface area contributed by atoms with Crippen molar-refractivity contribution >= 4 is 17.4 Å². The van der Waals surface area contributed by atoms with Gasteiger partial charge in [0.05, 0.1) is 12.2 Å². The fraction of sp³-hybridized carbons (Fsp3) is 0.389. The van der Waals surface area contributed by atoms with Crippen LogP contribution in [0.2, 0.25) is 0 Å². The summed E-state index contributed by atoms with van der Waals surface area (Å²) in [4.78, 5) is 22.7. The Kier molecular flexibility index (Phi) is 6.54. The van der Waals surface area contributed by atoms with Crippen LogP contribution in [0.4, 0.5) is 24.7 Å². The van der Waals surface area contributed by atoms with Crippen molar-refractivity contribution in [3.05, 3.63) is 47.2 Å². The lowest BCUT2D eigenvalue weighted by atomic mass is 10.2. The molecule has 0 spiro atoms. The van der Waals surface area contributed by atoms with E-state index in [1.165, 1.54) is 0 Å². The van der Waals surface area contributed by atoms with Crippen molar-refractivity contribution in [2.45, 2.75) is 33.6 Å². The maximum absolute atomic E-state index is 13.7. The Morgan fingerprint density at radius 2 is 1.88 bits per heavy atom. The van der Waals surface area contributed by atoms with Crippen LogP contribution >= 0.6 is 0 Å². The van der Waals surface area contributed by atoms with Gasteiger partial charge in [-0.15, -0.1) is 0 Å². The summed E-state index contributed by atoms with van der Waals surface area (Å²) in [6.07, 6.45) is 1.49. The summed E-state index contributed by atoms with van der Waals surface area (Å²) in [6, 6.07) is 3.55. The normalized spacial score (nSPS) is 10.7. The van der Waals surface area contributed by atoms with E-state index in [1.54, 1.807) is 17.9 Å². The molecule has 1 heterocycles. The molecule has 1 N–H and O–H groups in total. The first-order valence-corrected chi connectivity index (χ1v) is 8.38. The molecule has 5 nitrogen and oxygen atoms in total. The lowest BCUT2D eigenvalue weighted by Crippen LogP contribution is -2.35. The van der Waals surface area contributed by atoms with Gasteiger partial charge in [-0.25, -0.2) is 23.1 Å². The molecule has 0 aliphatic rings. The molecule has 0 bridgehead atoms. The minimum Gasteiger partial charge on any atom is -0.347 e. The van der Waals surface area contributed by atoms with Gasteiger partial charge < -0.3 is 10.2 Å². The van der Waals surface area contributed by atoms with Gasteiger partial charge in [-0.1, -0.05) is 13.8 Å². The molecule has 1 aromatic carbocycles. The average molecular weight is 366 g/mol. The number of hydrogen-bond acceptors (Lipinski definition) is 4. The van der Waals surface area contributed by atoms with E-state index in [4.69, 9.17) is 0 Å². The average Bonchev–Trinajstić information content (AvgIpc) is 2.61.